The summed E-state index contributed by atoms with van der Waals surface area (Å²) in [4.78, 5) is 31.4. The van der Waals surface area contributed by atoms with Crippen LogP contribution in [0.15, 0.2) is 4.52 Å². The Labute approximate surface area is 129 Å². The fourth-order valence-electron chi connectivity index (χ4n) is 2.71. The molecule has 1 aliphatic rings. The Bertz CT molecular complexity index is 530. The van der Waals surface area contributed by atoms with E-state index in [-0.39, 0.29) is 17.9 Å². The highest BCUT2D eigenvalue weighted by Crippen LogP contribution is 2.18. The van der Waals surface area contributed by atoms with Crippen LogP contribution in [0.5, 0.6) is 0 Å². The second kappa shape index (κ2) is 7.35. The zero-order valence-corrected chi connectivity index (χ0v) is 13.3. The first-order valence-electron chi connectivity index (χ1n) is 7.49. The van der Waals surface area contributed by atoms with Gasteiger partial charge in [-0.15, -0.1) is 0 Å². The SMILES string of the molecule is CNC(=O)CCN1CCC(N(Cc2noc(C)n2)C(C)=O)C1. The first kappa shape index (κ1) is 16.4. The van der Waals surface area contributed by atoms with Gasteiger partial charge in [0.05, 0.1) is 6.54 Å². The Balaban J connectivity index is 1.90. The first-order chi connectivity index (χ1) is 10.5. The van der Waals surface area contributed by atoms with Gasteiger partial charge < -0.3 is 19.6 Å². The molecule has 2 amide bonds. The summed E-state index contributed by atoms with van der Waals surface area (Å²) >= 11 is 0. The van der Waals surface area contributed by atoms with Gasteiger partial charge in [0, 0.05) is 53.0 Å². The smallest absolute Gasteiger partial charge is 0.223 e. The molecule has 1 saturated heterocycles. The van der Waals surface area contributed by atoms with Crippen molar-refractivity contribution >= 4 is 11.8 Å². The van der Waals surface area contributed by atoms with Crippen LogP contribution >= 0.6 is 0 Å². The standard InChI is InChI=1S/C14H23N5O3/c1-10-16-13(17-22-10)9-19(11(2)20)12-4-6-18(8-12)7-5-14(21)15-3/h12H,4-9H2,1-3H3,(H,15,21). The molecule has 1 atom stereocenters. The number of hydrogen-bond donors (Lipinski definition) is 1. The first-order valence-corrected chi connectivity index (χ1v) is 7.49. The molecule has 0 aliphatic carbocycles. The van der Waals surface area contributed by atoms with Crippen molar-refractivity contribution in [3.8, 4) is 0 Å². The van der Waals surface area contributed by atoms with Gasteiger partial charge >= 0.3 is 0 Å². The number of aromatic nitrogens is 2. The number of nitrogens with one attached hydrogen (secondary N) is 1. The molecule has 0 aromatic carbocycles. The molecule has 0 bridgehead atoms. The maximum Gasteiger partial charge on any atom is 0.223 e. The largest absolute Gasteiger partial charge is 0.359 e. The molecule has 8 nitrogen and oxygen atoms in total. The fourth-order valence-corrected chi connectivity index (χ4v) is 2.71. The van der Waals surface area contributed by atoms with Crippen LogP contribution < -0.4 is 5.32 Å². The number of carbonyl (C=O) groups is 2. The van der Waals surface area contributed by atoms with E-state index >= 15 is 0 Å². The Morgan fingerprint density at radius 1 is 1.50 bits per heavy atom. The summed E-state index contributed by atoms with van der Waals surface area (Å²) in [6, 6.07) is 0.126. The lowest BCUT2D eigenvalue weighted by molar-refractivity contribution is -0.131. The number of amides is 2. The molecule has 8 heteroatoms. The minimum absolute atomic E-state index is 0.000560. The highest BCUT2D eigenvalue weighted by Gasteiger charge is 2.30. The quantitative estimate of drug-likeness (QED) is 0.791. The summed E-state index contributed by atoms with van der Waals surface area (Å²) in [6.07, 6.45) is 1.37. The van der Waals surface area contributed by atoms with Gasteiger partial charge in [0.1, 0.15) is 0 Å². The molecule has 1 fully saturated rings. The number of hydrogen-bond acceptors (Lipinski definition) is 6. The van der Waals surface area contributed by atoms with Gasteiger partial charge in [0.25, 0.3) is 0 Å². The highest BCUT2D eigenvalue weighted by molar-refractivity contribution is 5.75. The molecule has 0 saturated carbocycles. The monoisotopic (exact) mass is 309 g/mol. The van der Waals surface area contributed by atoms with Crippen molar-refractivity contribution in [2.24, 2.45) is 0 Å². The molecular weight excluding hydrogens is 286 g/mol. The lowest BCUT2D eigenvalue weighted by Gasteiger charge is -2.27. The topological polar surface area (TPSA) is 91.6 Å². The summed E-state index contributed by atoms with van der Waals surface area (Å²) in [6.45, 7) is 6.01. The molecule has 22 heavy (non-hydrogen) atoms. The number of nitrogens with zero attached hydrogens (tertiary/aromatic N) is 4. The Hall–Kier alpha value is -1.96. The summed E-state index contributed by atoms with van der Waals surface area (Å²) in [5, 5.41) is 6.47. The van der Waals surface area contributed by atoms with Crippen LogP contribution in [-0.4, -0.2) is 64.5 Å². The second-order valence-corrected chi connectivity index (χ2v) is 5.54. The van der Waals surface area contributed by atoms with E-state index in [2.05, 4.69) is 20.4 Å². The molecule has 2 heterocycles. The molecular formula is C14H23N5O3. The maximum atomic E-state index is 11.9. The van der Waals surface area contributed by atoms with Crippen LogP contribution in [0.4, 0.5) is 0 Å². The van der Waals surface area contributed by atoms with E-state index in [1.54, 1.807) is 25.8 Å². The van der Waals surface area contributed by atoms with Gasteiger partial charge in [-0.2, -0.15) is 4.98 Å². The molecule has 1 N–H and O–H groups in total. The van der Waals surface area contributed by atoms with E-state index in [0.717, 1.165) is 19.5 Å². The van der Waals surface area contributed by atoms with E-state index in [1.807, 2.05) is 0 Å². The third-order valence-corrected chi connectivity index (χ3v) is 3.91. The van der Waals surface area contributed by atoms with E-state index in [9.17, 15) is 9.59 Å². The van der Waals surface area contributed by atoms with Crippen LogP contribution in [0.3, 0.4) is 0 Å². The van der Waals surface area contributed by atoms with Crippen molar-refractivity contribution in [2.45, 2.75) is 39.3 Å². The van der Waals surface area contributed by atoms with Crippen LogP contribution in [0.25, 0.3) is 0 Å². The van der Waals surface area contributed by atoms with Crippen LogP contribution in [0, 0.1) is 6.92 Å². The Kier molecular flexibility index (Phi) is 5.48. The van der Waals surface area contributed by atoms with Gasteiger partial charge in [-0.25, -0.2) is 0 Å². The molecule has 122 valence electrons. The fraction of sp³-hybridized carbons (Fsp3) is 0.714. The van der Waals surface area contributed by atoms with Crippen molar-refractivity contribution in [1.29, 1.82) is 0 Å². The third kappa shape index (κ3) is 4.27. The van der Waals surface area contributed by atoms with E-state index in [0.29, 0.717) is 31.2 Å². The predicted octanol–water partition coefficient (Wildman–Crippen LogP) is -0.0631. The molecule has 1 aromatic heterocycles. The minimum Gasteiger partial charge on any atom is -0.359 e. The number of likely N-dealkylation sites (tertiary alicyclic amines) is 1. The molecule has 0 radical (unpaired) electrons. The molecule has 2 rings (SSSR count). The normalized spacial score (nSPS) is 18.4. The van der Waals surface area contributed by atoms with Crippen molar-refractivity contribution in [1.82, 2.24) is 25.3 Å². The van der Waals surface area contributed by atoms with Crippen LogP contribution in [-0.2, 0) is 16.1 Å². The second-order valence-electron chi connectivity index (χ2n) is 5.54. The van der Waals surface area contributed by atoms with Crippen LogP contribution in [0.1, 0.15) is 31.5 Å². The van der Waals surface area contributed by atoms with Crippen LogP contribution in [0.2, 0.25) is 0 Å². The average Bonchev–Trinajstić information content (AvgIpc) is 3.10. The number of carbonyl (C=O) groups excluding carboxylic acids is 2. The van der Waals surface area contributed by atoms with E-state index in [4.69, 9.17) is 4.52 Å². The summed E-state index contributed by atoms with van der Waals surface area (Å²) in [5.41, 5.74) is 0. The van der Waals surface area contributed by atoms with Gasteiger partial charge in [-0.05, 0) is 6.42 Å². The molecule has 0 spiro atoms. The zero-order valence-electron chi connectivity index (χ0n) is 13.3. The van der Waals surface area contributed by atoms with Gasteiger partial charge in [0.15, 0.2) is 5.82 Å². The molecule has 1 aromatic rings. The van der Waals surface area contributed by atoms with Crippen molar-refractivity contribution in [3.05, 3.63) is 11.7 Å². The summed E-state index contributed by atoms with van der Waals surface area (Å²) in [5.74, 6) is 1.06. The lowest BCUT2D eigenvalue weighted by Crippen LogP contribution is -2.40. The highest BCUT2D eigenvalue weighted by atomic mass is 16.5. The van der Waals surface area contributed by atoms with Crippen molar-refractivity contribution < 1.29 is 14.1 Å². The van der Waals surface area contributed by atoms with E-state index in [1.165, 1.54) is 0 Å². The van der Waals surface area contributed by atoms with Crippen molar-refractivity contribution in [2.75, 3.05) is 26.7 Å². The number of rotatable bonds is 6. The summed E-state index contributed by atoms with van der Waals surface area (Å²) < 4.78 is 4.95. The Morgan fingerprint density at radius 2 is 2.27 bits per heavy atom. The minimum atomic E-state index is 0.000560. The Morgan fingerprint density at radius 3 is 2.86 bits per heavy atom. The van der Waals surface area contributed by atoms with E-state index < -0.39 is 0 Å². The van der Waals surface area contributed by atoms with Gasteiger partial charge in [0.2, 0.25) is 17.7 Å². The van der Waals surface area contributed by atoms with Crippen molar-refractivity contribution in [3.63, 3.8) is 0 Å². The predicted molar refractivity (Wildman–Crippen MR) is 78.8 cm³/mol. The third-order valence-electron chi connectivity index (χ3n) is 3.91. The molecule has 1 aliphatic heterocycles. The summed E-state index contributed by atoms with van der Waals surface area (Å²) in [7, 11) is 1.64. The zero-order chi connectivity index (χ0) is 16.1. The molecule has 1 unspecified atom stereocenters. The average molecular weight is 309 g/mol. The van der Waals surface area contributed by atoms with Gasteiger partial charge in [-0.1, -0.05) is 5.16 Å². The maximum absolute atomic E-state index is 11.9. The number of aryl methyl sites for hydroxylation is 1. The van der Waals surface area contributed by atoms with Gasteiger partial charge in [-0.3, -0.25) is 9.59 Å². The lowest BCUT2D eigenvalue weighted by atomic mass is 10.2.